The van der Waals surface area contributed by atoms with Crippen molar-refractivity contribution in [3.05, 3.63) is 224 Å². The molecule has 2 aromatic heterocycles. The van der Waals surface area contributed by atoms with Crippen LogP contribution in [0, 0.1) is 0 Å². The SMILES string of the molecule is c1ccc(-c2ccc(-c3ccc(-c4nc(-c5ccc(-c6ccccc6)cc5)nc(-c5cccc6oc7c(-c8ccc(-c9ccccc9)cc8)cccc7c56)n4)cc3)cc2)cc1. The summed E-state index contributed by atoms with van der Waals surface area (Å²) in [6.45, 7) is 0. The maximum atomic E-state index is 6.72. The van der Waals surface area contributed by atoms with Gasteiger partial charge in [0.1, 0.15) is 11.2 Å². The molecule has 4 nitrogen and oxygen atoms in total. The second kappa shape index (κ2) is 15.5. The Labute approximate surface area is 354 Å². The molecule has 4 heteroatoms. The van der Waals surface area contributed by atoms with Crippen molar-refractivity contribution in [2.45, 2.75) is 0 Å². The van der Waals surface area contributed by atoms with Gasteiger partial charge in [0, 0.05) is 33.0 Å². The van der Waals surface area contributed by atoms with E-state index in [-0.39, 0.29) is 0 Å². The molecule has 0 atom stereocenters. The number of fused-ring (bicyclic) bond motifs is 3. The second-order valence-electron chi connectivity index (χ2n) is 15.2. The number of hydrogen-bond acceptors (Lipinski definition) is 4. The summed E-state index contributed by atoms with van der Waals surface area (Å²) in [6.07, 6.45) is 0. The molecule has 61 heavy (non-hydrogen) atoms. The highest BCUT2D eigenvalue weighted by molar-refractivity contribution is 6.15. The molecule has 0 radical (unpaired) electrons. The summed E-state index contributed by atoms with van der Waals surface area (Å²) in [4.78, 5) is 15.5. The Balaban J connectivity index is 1.00. The molecule has 0 spiro atoms. The van der Waals surface area contributed by atoms with Crippen LogP contribution in [0.25, 0.3) is 112 Å². The predicted molar refractivity (Wildman–Crippen MR) is 251 cm³/mol. The van der Waals surface area contributed by atoms with E-state index in [2.05, 4.69) is 194 Å². The monoisotopic (exact) mass is 779 g/mol. The molecule has 9 aromatic carbocycles. The molecule has 0 aliphatic rings. The van der Waals surface area contributed by atoms with Crippen LogP contribution >= 0.6 is 0 Å². The van der Waals surface area contributed by atoms with Gasteiger partial charge in [-0.3, -0.25) is 0 Å². The van der Waals surface area contributed by atoms with E-state index >= 15 is 0 Å². The molecule has 0 amide bonds. The van der Waals surface area contributed by atoms with Gasteiger partial charge < -0.3 is 4.42 Å². The Morgan fingerprint density at radius 3 is 1.03 bits per heavy atom. The van der Waals surface area contributed by atoms with E-state index < -0.39 is 0 Å². The van der Waals surface area contributed by atoms with E-state index in [1.807, 2.05) is 30.3 Å². The summed E-state index contributed by atoms with van der Waals surface area (Å²) in [6, 6.07) is 78.1. The standard InChI is InChI=1S/C57H37N3O/c1-4-12-38(13-5-1)41-22-24-44(25-23-41)45-30-36-48(37-31-45)56-58-55(47-34-28-43(29-35-47)40-16-8-3-9-17-40)59-57(60-56)51-20-11-21-52-53(51)50-19-10-18-49(54(50)61-52)46-32-26-42(27-33-46)39-14-6-2-7-15-39/h1-37H. The topological polar surface area (TPSA) is 51.8 Å². The van der Waals surface area contributed by atoms with Gasteiger partial charge in [-0.1, -0.05) is 218 Å². The maximum Gasteiger partial charge on any atom is 0.164 e. The van der Waals surface area contributed by atoms with Crippen LogP contribution < -0.4 is 0 Å². The molecule has 0 bridgehead atoms. The quantitative estimate of drug-likeness (QED) is 0.154. The first-order chi connectivity index (χ1) is 30.2. The summed E-state index contributed by atoms with van der Waals surface area (Å²) in [7, 11) is 0. The van der Waals surface area contributed by atoms with Crippen molar-refractivity contribution in [3.63, 3.8) is 0 Å². The normalized spacial score (nSPS) is 11.3. The summed E-state index contributed by atoms with van der Waals surface area (Å²) in [5.41, 5.74) is 15.7. The number of furan rings is 1. The van der Waals surface area contributed by atoms with E-state index in [4.69, 9.17) is 19.4 Å². The van der Waals surface area contributed by atoms with Crippen LogP contribution in [0.2, 0.25) is 0 Å². The Morgan fingerprint density at radius 1 is 0.246 bits per heavy atom. The number of para-hydroxylation sites is 1. The van der Waals surface area contributed by atoms with Crippen LogP contribution in [0.1, 0.15) is 0 Å². The van der Waals surface area contributed by atoms with Crippen molar-refractivity contribution in [1.82, 2.24) is 15.0 Å². The van der Waals surface area contributed by atoms with Crippen LogP contribution in [-0.4, -0.2) is 15.0 Å². The summed E-state index contributed by atoms with van der Waals surface area (Å²) in [5, 5.41) is 1.98. The zero-order valence-corrected chi connectivity index (χ0v) is 33.1. The third kappa shape index (κ3) is 6.96. The van der Waals surface area contributed by atoms with Crippen LogP contribution in [0.3, 0.4) is 0 Å². The van der Waals surface area contributed by atoms with Crippen LogP contribution in [0.15, 0.2) is 229 Å². The molecule has 2 heterocycles. The Hall–Kier alpha value is -8.21. The van der Waals surface area contributed by atoms with E-state index in [0.717, 1.165) is 72.0 Å². The minimum absolute atomic E-state index is 0.582. The van der Waals surface area contributed by atoms with Gasteiger partial charge in [0.2, 0.25) is 0 Å². The molecule has 0 saturated heterocycles. The summed E-state index contributed by atoms with van der Waals surface area (Å²) in [5.74, 6) is 1.78. The zero-order chi connectivity index (χ0) is 40.5. The average molecular weight is 780 g/mol. The highest BCUT2D eigenvalue weighted by atomic mass is 16.3. The van der Waals surface area contributed by atoms with Crippen molar-refractivity contribution < 1.29 is 4.42 Å². The first-order valence-corrected chi connectivity index (χ1v) is 20.5. The Morgan fingerprint density at radius 2 is 0.590 bits per heavy atom. The molecule has 0 aliphatic carbocycles. The lowest BCUT2D eigenvalue weighted by Crippen LogP contribution is -2.00. The number of aromatic nitrogens is 3. The fourth-order valence-corrected chi connectivity index (χ4v) is 8.23. The van der Waals surface area contributed by atoms with Crippen molar-refractivity contribution in [1.29, 1.82) is 0 Å². The molecule has 0 saturated carbocycles. The number of benzene rings is 9. The van der Waals surface area contributed by atoms with Gasteiger partial charge in [-0.25, -0.2) is 15.0 Å². The van der Waals surface area contributed by atoms with Crippen molar-refractivity contribution in [3.8, 4) is 89.8 Å². The minimum atomic E-state index is 0.582. The smallest absolute Gasteiger partial charge is 0.164 e. The number of rotatable bonds is 8. The molecule has 11 aromatic rings. The molecule has 0 aliphatic heterocycles. The van der Waals surface area contributed by atoms with Crippen molar-refractivity contribution >= 4 is 21.9 Å². The molecule has 0 unspecified atom stereocenters. The van der Waals surface area contributed by atoms with E-state index in [0.29, 0.717) is 17.5 Å². The fourth-order valence-electron chi connectivity index (χ4n) is 8.23. The predicted octanol–water partition coefficient (Wildman–Crippen LogP) is 15.1. The van der Waals surface area contributed by atoms with E-state index in [1.54, 1.807) is 0 Å². The number of hydrogen-bond donors (Lipinski definition) is 0. The lowest BCUT2D eigenvalue weighted by molar-refractivity contribution is 0.670. The van der Waals surface area contributed by atoms with Gasteiger partial charge in [-0.15, -0.1) is 0 Å². The van der Waals surface area contributed by atoms with E-state index in [1.165, 1.54) is 22.3 Å². The molecule has 0 N–H and O–H groups in total. The molecule has 11 rings (SSSR count). The van der Waals surface area contributed by atoms with Gasteiger partial charge in [-0.2, -0.15) is 0 Å². The van der Waals surface area contributed by atoms with Crippen LogP contribution in [0.4, 0.5) is 0 Å². The first kappa shape index (κ1) is 35.9. The Kier molecular flexibility index (Phi) is 9.14. The zero-order valence-electron chi connectivity index (χ0n) is 33.1. The second-order valence-corrected chi connectivity index (χ2v) is 15.2. The minimum Gasteiger partial charge on any atom is -0.455 e. The van der Waals surface area contributed by atoms with Gasteiger partial charge in [0.25, 0.3) is 0 Å². The summed E-state index contributed by atoms with van der Waals surface area (Å²) < 4.78 is 6.72. The largest absolute Gasteiger partial charge is 0.455 e. The van der Waals surface area contributed by atoms with Gasteiger partial charge in [0.15, 0.2) is 17.5 Å². The van der Waals surface area contributed by atoms with Crippen LogP contribution in [0.5, 0.6) is 0 Å². The van der Waals surface area contributed by atoms with Crippen molar-refractivity contribution in [2.24, 2.45) is 0 Å². The lowest BCUT2D eigenvalue weighted by Gasteiger charge is -2.11. The van der Waals surface area contributed by atoms with E-state index in [9.17, 15) is 0 Å². The van der Waals surface area contributed by atoms with Crippen molar-refractivity contribution in [2.75, 3.05) is 0 Å². The maximum absolute atomic E-state index is 6.72. The lowest BCUT2D eigenvalue weighted by atomic mass is 9.98. The third-order valence-corrected chi connectivity index (χ3v) is 11.4. The van der Waals surface area contributed by atoms with Crippen LogP contribution in [-0.2, 0) is 0 Å². The fraction of sp³-hybridized carbons (Fsp3) is 0. The van der Waals surface area contributed by atoms with Gasteiger partial charge in [-0.05, 0) is 56.1 Å². The molecule has 286 valence electrons. The van der Waals surface area contributed by atoms with Gasteiger partial charge in [0.05, 0.1) is 0 Å². The third-order valence-electron chi connectivity index (χ3n) is 11.4. The summed E-state index contributed by atoms with van der Waals surface area (Å²) >= 11 is 0. The highest BCUT2D eigenvalue weighted by Gasteiger charge is 2.20. The Bertz CT molecular complexity index is 3290. The highest BCUT2D eigenvalue weighted by Crippen LogP contribution is 2.41. The number of nitrogens with zero attached hydrogens (tertiary/aromatic N) is 3. The molecular weight excluding hydrogens is 743 g/mol. The average Bonchev–Trinajstić information content (AvgIpc) is 3.74. The molecular formula is C57H37N3O. The molecule has 0 fully saturated rings. The first-order valence-electron chi connectivity index (χ1n) is 20.5. The van der Waals surface area contributed by atoms with Gasteiger partial charge >= 0.3 is 0 Å².